The van der Waals surface area contributed by atoms with Crippen molar-refractivity contribution in [1.29, 1.82) is 0 Å². The number of nitro groups is 1. The van der Waals surface area contributed by atoms with Gasteiger partial charge in [-0.3, -0.25) is 24.3 Å². The lowest BCUT2D eigenvalue weighted by Crippen LogP contribution is -2.46. The molecule has 23 heavy (non-hydrogen) atoms. The zero-order valence-corrected chi connectivity index (χ0v) is 11.8. The summed E-state index contributed by atoms with van der Waals surface area (Å²) >= 11 is 0. The molecule has 0 aliphatic rings. The first-order valence-electron chi connectivity index (χ1n) is 6.15. The molecule has 1 atom stereocenters. The van der Waals surface area contributed by atoms with Crippen molar-refractivity contribution in [2.24, 2.45) is 0 Å². The topological polar surface area (TPSA) is 96.4 Å². The smallest absolute Gasteiger partial charge is 0.361 e. The maximum absolute atomic E-state index is 13.1. The van der Waals surface area contributed by atoms with Crippen LogP contribution in [0.15, 0.2) is 27.8 Å². The number of hydrogen-bond donors (Lipinski definition) is 0. The molecule has 8 nitrogen and oxygen atoms in total. The molecule has 11 heteroatoms. The number of alkyl halides is 3. The number of methoxy groups -OCH3 is 1. The Hall–Kier alpha value is -2.69. The van der Waals surface area contributed by atoms with Gasteiger partial charge in [0.2, 0.25) is 0 Å². The van der Waals surface area contributed by atoms with Crippen molar-refractivity contribution in [3.63, 3.8) is 0 Å². The van der Waals surface area contributed by atoms with Gasteiger partial charge in [0.1, 0.15) is 6.23 Å². The Bertz CT molecular complexity index is 900. The molecule has 0 spiro atoms. The monoisotopic (exact) mass is 333 g/mol. The Morgan fingerprint density at radius 1 is 1.22 bits per heavy atom. The third-order valence-electron chi connectivity index (χ3n) is 3.23. The Labute approximate surface area is 125 Å². The third kappa shape index (κ3) is 2.70. The van der Waals surface area contributed by atoms with Crippen LogP contribution in [0.1, 0.15) is 13.2 Å². The second kappa shape index (κ2) is 5.50. The number of aromatic nitrogens is 2. The SMILES string of the molecule is COC(C)n1c(=O)c(=O)n(C(F)(F)F)c2ccc([N+](=O)[O-])cc21. The van der Waals surface area contributed by atoms with Crippen LogP contribution >= 0.6 is 0 Å². The van der Waals surface area contributed by atoms with Gasteiger partial charge in [0.25, 0.3) is 5.69 Å². The molecule has 0 fully saturated rings. The van der Waals surface area contributed by atoms with Crippen molar-refractivity contribution < 1.29 is 22.8 Å². The number of fused-ring (bicyclic) bond motifs is 1. The minimum atomic E-state index is -5.15. The van der Waals surface area contributed by atoms with Crippen LogP contribution in [-0.4, -0.2) is 21.2 Å². The highest BCUT2D eigenvalue weighted by atomic mass is 19.4. The predicted molar refractivity (Wildman–Crippen MR) is 72.1 cm³/mol. The van der Waals surface area contributed by atoms with E-state index in [1.165, 1.54) is 14.0 Å². The van der Waals surface area contributed by atoms with E-state index in [9.17, 15) is 32.9 Å². The highest BCUT2D eigenvalue weighted by Gasteiger charge is 2.36. The number of halogens is 3. The van der Waals surface area contributed by atoms with E-state index < -0.39 is 49.9 Å². The molecule has 1 heterocycles. The zero-order chi connectivity index (χ0) is 17.5. The van der Waals surface area contributed by atoms with Gasteiger partial charge in [-0.25, -0.2) is 4.57 Å². The molecule has 0 aliphatic carbocycles. The molecule has 1 aromatic heterocycles. The molecule has 0 aliphatic heterocycles. The van der Waals surface area contributed by atoms with E-state index in [-0.39, 0.29) is 0 Å². The lowest BCUT2D eigenvalue weighted by Gasteiger charge is -2.19. The molecule has 0 N–H and O–H groups in total. The largest absolute Gasteiger partial charge is 0.492 e. The number of nitrogens with zero attached hydrogens (tertiary/aromatic N) is 3. The van der Waals surface area contributed by atoms with Crippen LogP contribution in [-0.2, 0) is 11.0 Å². The van der Waals surface area contributed by atoms with Gasteiger partial charge in [0.15, 0.2) is 0 Å². The zero-order valence-electron chi connectivity index (χ0n) is 11.8. The first-order valence-corrected chi connectivity index (χ1v) is 6.15. The summed E-state index contributed by atoms with van der Waals surface area (Å²) in [4.78, 5) is 33.8. The van der Waals surface area contributed by atoms with Crippen molar-refractivity contribution in [1.82, 2.24) is 9.13 Å². The average Bonchev–Trinajstić information content (AvgIpc) is 2.46. The number of benzene rings is 1. The van der Waals surface area contributed by atoms with Crippen LogP contribution in [0.3, 0.4) is 0 Å². The van der Waals surface area contributed by atoms with Crippen molar-refractivity contribution in [2.75, 3.05) is 7.11 Å². The molecular weight excluding hydrogens is 323 g/mol. The Morgan fingerprint density at radius 2 is 1.83 bits per heavy atom. The van der Waals surface area contributed by atoms with Gasteiger partial charge in [-0.2, -0.15) is 0 Å². The normalized spacial score (nSPS) is 13.3. The van der Waals surface area contributed by atoms with Crippen LogP contribution < -0.4 is 11.1 Å². The summed E-state index contributed by atoms with van der Waals surface area (Å²) in [7, 11) is 1.18. The molecule has 2 aromatic rings. The quantitative estimate of drug-likeness (QED) is 0.484. The molecule has 0 bridgehead atoms. The molecule has 0 amide bonds. The Balaban J connectivity index is 3.09. The summed E-state index contributed by atoms with van der Waals surface area (Å²) in [5.74, 6) is 0. The molecule has 2 rings (SSSR count). The van der Waals surface area contributed by atoms with Crippen molar-refractivity contribution in [3.05, 3.63) is 49.0 Å². The number of non-ortho nitro benzene ring substituents is 1. The van der Waals surface area contributed by atoms with Gasteiger partial charge in [0, 0.05) is 19.2 Å². The summed E-state index contributed by atoms with van der Waals surface area (Å²) in [5, 5.41) is 10.8. The lowest BCUT2D eigenvalue weighted by molar-refractivity contribution is -0.384. The van der Waals surface area contributed by atoms with E-state index in [1.807, 2.05) is 0 Å². The van der Waals surface area contributed by atoms with Gasteiger partial charge >= 0.3 is 17.4 Å². The van der Waals surface area contributed by atoms with E-state index in [2.05, 4.69) is 0 Å². The molecule has 0 radical (unpaired) electrons. The summed E-state index contributed by atoms with van der Waals surface area (Å²) in [6, 6.07) is 2.37. The minimum absolute atomic E-state index is 0.435. The van der Waals surface area contributed by atoms with Crippen molar-refractivity contribution in [2.45, 2.75) is 19.5 Å². The fourth-order valence-electron chi connectivity index (χ4n) is 2.14. The molecular formula is C12H10F3N3O5. The minimum Gasteiger partial charge on any atom is -0.361 e. The fourth-order valence-corrected chi connectivity index (χ4v) is 2.14. The van der Waals surface area contributed by atoms with Gasteiger partial charge < -0.3 is 4.74 Å². The number of ether oxygens (including phenoxy) is 1. The predicted octanol–water partition coefficient (Wildman–Crippen LogP) is 1.71. The first kappa shape index (κ1) is 16.7. The average molecular weight is 333 g/mol. The van der Waals surface area contributed by atoms with Crippen molar-refractivity contribution in [3.8, 4) is 0 Å². The number of nitro benzene ring substituents is 1. The molecule has 0 saturated heterocycles. The van der Waals surface area contributed by atoms with Gasteiger partial charge in [-0.1, -0.05) is 0 Å². The molecule has 1 aromatic carbocycles. The maximum atomic E-state index is 13.1. The Morgan fingerprint density at radius 3 is 2.30 bits per heavy atom. The molecule has 1 unspecified atom stereocenters. The number of rotatable bonds is 3. The van der Waals surface area contributed by atoms with Crippen LogP contribution in [0.5, 0.6) is 0 Å². The van der Waals surface area contributed by atoms with Gasteiger partial charge in [0.05, 0.1) is 16.0 Å². The van der Waals surface area contributed by atoms with E-state index >= 15 is 0 Å². The summed E-state index contributed by atoms with van der Waals surface area (Å²) < 4.78 is 44.1. The standard InChI is InChI=1S/C12H10F3N3O5/c1-6(23-2)16-9-5-7(18(21)22)3-4-8(9)17(12(13,14)15)11(20)10(16)19/h3-6H,1-2H3. The van der Waals surface area contributed by atoms with Crippen LogP contribution in [0.25, 0.3) is 11.0 Å². The summed E-state index contributed by atoms with van der Waals surface area (Å²) in [6.07, 6.45) is -6.25. The highest BCUT2D eigenvalue weighted by molar-refractivity contribution is 5.78. The van der Waals surface area contributed by atoms with Crippen LogP contribution in [0.4, 0.5) is 18.9 Å². The fraction of sp³-hybridized carbons (Fsp3) is 0.333. The van der Waals surface area contributed by atoms with E-state index in [0.29, 0.717) is 4.57 Å². The highest BCUT2D eigenvalue weighted by Crippen LogP contribution is 2.27. The second-order valence-corrected chi connectivity index (χ2v) is 4.55. The van der Waals surface area contributed by atoms with Gasteiger partial charge in [-0.05, 0) is 13.0 Å². The third-order valence-corrected chi connectivity index (χ3v) is 3.23. The molecule has 0 saturated carbocycles. The number of hydrogen-bond acceptors (Lipinski definition) is 5. The van der Waals surface area contributed by atoms with Crippen molar-refractivity contribution >= 4 is 16.7 Å². The van der Waals surface area contributed by atoms with Gasteiger partial charge in [-0.15, -0.1) is 13.2 Å². The maximum Gasteiger partial charge on any atom is 0.492 e. The summed E-state index contributed by atoms with van der Waals surface area (Å²) in [6.45, 7) is 1.32. The Kier molecular flexibility index (Phi) is 3.99. The van der Waals surface area contributed by atoms with E-state index in [0.717, 1.165) is 18.2 Å². The first-order chi connectivity index (χ1) is 10.6. The van der Waals surface area contributed by atoms with Crippen LogP contribution in [0.2, 0.25) is 0 Å². The van der Waals surface area contributed by atoms with E-state index in [1.54, 1.807) is 0 Å². The second-order valence-electron chi connectivity index (χ2n) is 4.55. The lowest BCUT2D eigenvalue weighted by atomic mass is 10.2. The molecule has 124 valence electrons. The van der Waals surface area contributed by atoms with E-state index in [4.69, 9.17) is 4.74 Å². The summed E-state index contributed by atoms with van der Waals surface area (Å²) in [5.41, 5.74) is -4.96. The van der Waals surface area contributed by atoms with Crippen LogP contribution in [0, 0.1) is 10.1 Å².